The molecule has 2 aromatic heterocycles. The van der Waals surface area contributed by atoms with E-state index in [2.05, 4.69) is 15.5 Å². The normalized spacial score (nSPS) is 17.1. The van der Waals surface area contributed by atoms with E-state index in [0.717, 1.165) is 0 Å². The summed E-state index contributed by atoms with van der Waals surface area (Å²) in [4.78, 5) is 23.7. The van der Waals surface area contributed by atoms with E-state index in [0.29, 0.717) is 43.1 Å². The predicted molar refractivity (Wildman–Crippen MR) is 80.2 cm³/mol. The first kappa shape index (κ1) is 15.4. The molecule has 0 unspecified atom stereocenters. The van der Waals surface area contributed by atoms with Crippen molar-refractivity contribution in [2.45, 2.75) is 31.7 Å². The third-order valence-corrected chi connectivity index (χ3v) is 4.15. The number of nitrogens with one attached hydrogen (secondary N) is 1. The van der Waals surface area contributed by atoms with Crippen LogP contribution in [-0.4, -0.2) is 50.3 Å². The molecule has 0 atom stereocenters. The minimum atomic E-state index is -0.933. The van der Waals surface area contributed by atoms with E-state index < -0.39 is 11.5 Å². The highest BCUT2D eigenvalue weighted by molar-refractivity contribution is 5.95. The first-order valence-corrected chi connectivity index (χ1v) is 7.43. The number of carbonyl (C=O) groups excluding carboxylic acids is 1. The molecule has 1 aliphatic rings. The second-order valence-corrected chi connectivity index (χ2v) is 5.81. The summed E-state index contributed by atoms with van der Waals surface area (Å²) in [6, 6.07) is 3.37. The predicted octanol–water partition coefficient (Wildman–Crippen LogP) is 0.791. The lowest BCUT2D eigenvalue weighted by Gasteiger charge is -2.36. The molecule has 1 saturated heterocycles. The Labute approximate surface area is 132 Å². The van der Waals surface area contributed by atoms with Gasteiger partial charge in [-0.25, -0.2) is 0 Å². The SMILES string of the molecule is Cc1nnc2ccc(C(=O)NC3(CC(=O)O)CCOCC3)cn12. The summed E-state index contributed by atoms with van der Waals surface area (Å²) in [6.45, 7) is 2.68. The number of fused-ring (bicyclic) bond motifs is 1. The van der Waals surface area contributed by atoms with Crippen LogP contribution in [0.25, 0.3) is 5.65 Å². The summed E-state index contributed by atoms with van der Waals surface area (Å²) >= 11 is 0. The van der Waals surface area contributed by atoms with Crippen molar-refractivity contribution < 1.29 is 19.4 Å². The number of amides is 1. The Bertz CT molecular complexity index is 749. The van der Waals surface area contributed by atoms with E-state index in [4.69, 9.17) is 9.84 Å². The largest absolute Gasteiger partial charge is 0.481 e. The van der Waals surface area contributed by atoms with Gasteiger partial charge in [0.05, 0.1) is 17.5 Å². The zero-order valence-electron chi connectivity index (χ0n) is 12.8. The fourth-order valence-electron chi connectivity index (χ4n) is 2.85. The molecule has 0 bridgehead atoms. The fourth-order valence-corrected chi connectivity index (χ4v) is 2.85. The van der Waals surface area contributed by atoms with Crippen LogP contribution in [0.5, 0.6) is 0 Å². The lowest BCUT2D eigenvalue weighted by Crippen LogP contribution is -2.53. The first-order chi connectivity index (χ1) is 11.0. The van der Waals surface area contributed by atoms with Crippen LogP contribution in [-0.2, 0) is 9.53 Å². The number of aryl methyl sites for hydroxylation is 1. The van der Waals surface area contributed by atoms with Crippen molar-refractivity contribution >= 4 is 17.5 Å². The van der Waals surface area contributed by atoms with Crippen molar-refractivity contribution in [2.75, 3.05) is 13.2 Å². The summed E-state index contributed by atoms with van der Waals surface area (Å²) in [7, 11) is 0. The minimum Gasteiger partial charge on any atom is -0.481 e. The van der Waals surface area contributed by atoms with Gasteiger partial charge in [0.1, 0.15) is 5.82 Å². The smallest absolute Gasteiger partial charge is 0.305 e. The molecule has 3 heterocycles. The Hall–Kier alpha value is -2.48. The van der Waals surface area contributed by atoms with Crippen LogP contribution >= 0.6 is 0 Å². The van der Waals surface area contributed by atoms with Crippen molar-refractivity contribution in [3.05, 3.63) is 29.7 Å². The van der Waals surface area contributed by atoms with Gasteiger partial charge < -0.3 is 15.2 Å². The van der Waals surface area contributed by atoms with Gasteiger partial charge in [0, 0.05) is 19.4 Å². The molecule has 1 amide bonds. The summed E-state index contributed by atoms with van der Waals surface area (Å²) in [5.74, 6) is -0.554. The standard InChI is InChI=1S/C15H18N4O4/c1-10-17-18-12-3-2-11(9-19(10)12)14(22)16-15(8-13(20)21)4-6-23-7-5-15/h2-3,9H,4-8H2,1H3,(H,16,22)(H,20,21). The topological polar surface area (TPSA) is 106 Å². The molecule has 1 fully saturated rings. The molecular weight excluding hydrogens is 300 g/mol. The molecule has 0 radical (unpaired) electrons. The van der Waals surface area contributed by atoms with Crippen LogP contribution in [0.15, 0.2) is 18.3 Å². The monoisotopic (exact) mass is 318 g/mol. The molecule has 0 aliphatic carbocycles. The molecule has 1 aliphatic heterocycles. The second-order valence-electron chi connectivity index (χ2n) is 5.81. The van der Waals surface area contributed by atoms with E-state index in [9.17, 15) is 9.59 Å². The molecule has 0 saturated carbocycles. The highest BCUT2D eigenvalue weighted by Gasteiger charge is 2.36. The molecule has 2 N–H and O–H groups in total. The molecule has 0 spiro atoms. The van der Waals surface area contributed by atoms with Crippen molar-refractivity contribution in [2.24, 2.45) is 0 Å². The van der Waals surface area contributed by atoms with E-state index in [1.54, 1.807) is 29.7 Å². The van der Waals surface area contributed by atoms with Gasteiger partial charge in [0.25, 0.3) is 5.91 Å². The van der Waals surface area contributed by atoms with Crippen molar-refractivity contribution in [1.29, 1.82) is 0 Å². The van der Waals surface area contributed by atoms with Crippen LogP contribution < -0.4 is 5.32 Å². The Balaban J connectivity index is 1.84. The Kier molecular flexibility index (Phi) is 3.99. The van der Waals surface area contributed by atoms with Crippen LogP contribution in [0.1, 0.15) is 35.4 Å². The summed E-state index contributed by atoms with van der Waals surface area (Å²) in [5, 5.41) is 20.0. The third-order valence-electron chi connectivity index (χ3n) is 4.15. The number of carboxylic acid groups (broad SMARTS) is 1. The molecule has 0 aromatic carbocycles. The van der Waals surface area contributed by atoms with Gasteiger partial charge >= 0.3 is 5.97 Å². The summed E-state index contributed by atoms with van der Waals surface area (Å²) in [5.41, 5.74) is 0.334. The number of carboxylic acids is 1. The number of aliphatic carboxylic acids is 1. The number of nitrogens with zero attached hydrogens (tertiary/aromatic N) is 3. The third kappa shape index (κ3) is 3.16. The number of ether oxygens (including phenoxy) is 1. The van der Waals surface area contributed by atoms with Gasteiger partial charge in [0.15, 0.2) is 5.65 Å². The average molecular weight is 318 g/mol. The molecule has 122 valence electrons. The van der Waals surface area contributed by atoms with E-state index in [1.807, 2.05) is 0 Å². The zero-order chi connectivity index (χ0) is 16.4. The number of rotatable bonds is 4. The van der Waals surface area contributed by atoms with Gasteiger partial charge in [-0.3, -0.25) is 14.0 Å². The van der Waals surface area contributed by atoms with Crippen LogP contribution in [0.2, 0.25) is 0 Å². The van der Waals surface area contributed by atoms with Crippen molar-refractivity contribution in [3.8, 4) is 0 Å². The molecule has 2 aromatic rings. The van der Waals surface area contributed by atoms with Crippen molar-refractivity contribution in [3.63, 3.8) is 0 Å². The van der Waals surface area contributed by atoms with E-state index >= 15 is 0 Å². The molecule has 8 heteroatoms. The number of aromatic nitrogens is 3. The molecule has 23 heavy (non-hydrogen) atoms. The fraction of sp³-hybridized carbons (Fsp3) is 0.467. The molecule has 8 nitrogen and oxygen atoms in total. The Morgan fingerprint density at radius 1 is 1.35 bits per heavy atom. The van der Waals surface area contributed by atoms with Crippen LogP contribution in [0.4, 0.5) is 0 Å². The maximum atomic E-state index is 12.6. The first-order valence-electron chi connectivity index (χ1n) is 7.43. The van der Waals surface area contributed by atoms with Crippen molar-refractivity contribution in [1.82, 2.24) is 19.9 Å². The maximum Gasteiger partial charge on any atom is 0.305 e. The van der Waals surface area contributed by atoms with Crippen LogP contribution in [0, 0.1) is 6.92 Å². The number of hydrogen-bond acceptors (Lipinski definition) is 5. The average Bonchev–Trinajstić information content (AvgIpc) is 2.88. The van der Waals surface area contributed by atoms with Gasteiger partial charge in [-0.1, -0.05) is 0 Å². The quantitative estimate of drug-likeness (QED) is 0.863. The summed E-state index contributed by atoms with van der Waals surface area (Å²) < 4.78 is 7.02. The lowest BCUT2D eigenvalue weighted by atomic mass is 9.86. The Morgan fingerprint density at radius 3 is 2.78 bits per heavy atom. The lowest BCUT2D eigenvalue weighted by molar-refractivity contribution is -0.139. The highest BCUT2D eigenvalue weighted by Crippen LogP contribution is 2.25. The number of hydrogen-bond donors (Lipinski definition) is 2. The van der Waals surface area contributed by atoms with Gasteiger partial charge in [-0.15, -0.1) is 10.2 Å². The minimum absolute atomic E-state index is 0.115. The number of carbonyl (C=O) groups is 2. The number of pyridine rings is 1. The van der Waals surface area contributed by atoms with Gasteiger partial charge in [0.2, 0.25) is 0 Å². The summed E-state index contributed by atoms with van der Waals surface area (Å²) in [6.07, 6.45) is 2.52. The zero-order valence-corrected chi connectivity index (χ0v) is 12.8. The maximum absolute atomic E-state index is 12.6. The van der Waals surface area contributed by atoms with Gasteiger partial charge in [-0.2, -0.15) is 0 Å². The highest BCUT2D eigenvalue weighted by atomic mass is 16.5. The molecular formula is C15H18N4O4. The van der Waals surface area contributed by atoms with Crippen LogP contribution in [0.3, 0.4) is 0 Å². The molecule has 3 rings (SSSR count). The Morgan fingerprint density at radius 2 is 2.09 bits per heavy atom. The van der Waals surface area contributed by atoms with E-state index in [1.165, 1.54) is 0 Å². The van der Waals surface area contributed by atoms with E-state index in [-0.39, 0.29) is 12.3 Å². The second kappa shape index (κ2) is 5.96. The van der Waals surface area contributed by atoms with Gasteiger partial charge in [-0.05, 0) is 31.9 Å².